The number of aryl methyl sites for hydroxylation is 1. The number of aromatic nitrogens is 3. The number of fused-ring (bicyclic) bond motifs is 1. The fourth-order valence-electron chi connectivity index (χ4n) is 3.60. The Labute approximate surface area is 205 Å². The van der Waals surface area contributed by atoms with Gasteiger partial charge in [-0.15, -0.1) is 0 Å². The van der Waals surface area contributed by atoms with Gasteiger partial charge in [-0.25, -0.2) is 19.7 Å². The molecule has 1 aromatic carbocycles. The summed E-state index contributed by atoms with van der Waals surface area (Å²) in [7, 11) is 0. The molecule has 0 fully saturated rings. The average Bonchev–Trinajstić information content (AvgIpc) is 3.24. The molecule has 0 spiro atoms. The van der Waals surface area contributed by atoms with Gasteiger partial charge < -0.3 is 20.6 Å². The third kappa shape index (κ3) is 5.71. The van der Waals surface area contributed by atoms with Gasteiger partial charge in [-0.2, -0.15) is 5.26 Å². The molecule has 1 atom stereocenters. The molecule has 4 N–H and O–H groups in total. The van der Waals surface area contributed by atoms with Crippen LogP contribution in [0.25, 0.3) is 0 Å². The maximum Gasteiger partial charge on any atom is 0.325 e. The number of thiazole rings is 1. The Balaban J connectivity index is 1.43. The Kier molecular flexibility index (Phi) is 7.19. The van der Waals surface area contributed by atoms with Gasteiger partial charge in [-0.3, -0.25) is 10.1 Å². The molecule has 35 heavy (non-hydrogen) atoms. The van der Waals surface area contributed by atoms with Crippen molar-refractivity contribution in [2.45, 2.75) is 32.9 Å². The number of carbonyl (C=O) groups excluding carboxylic acids is 2. The molecule has 180 valence electrons. The Morgan fingerprint density at radius 1 is 1.26 bits per heavy atom. The van der Waals surface area contributed by atoms with Crippen LogP contribution in [0.1, 0.15) is 39.4 Å². The highest BCUT2D eigenvalue weighted by molar-refractivity contribution is 7.15. The highest BCUT2D eigenvalue weighted by atomic mass is 32.1. The van der Waals surface area contributed by atoms with Crippen molar-refractivity contribution in [2.75, 3.05) is 28.7 Å². The van der Waals surface area contributed by atoms with E-state index in [9.17, 15) is 14.7 Å². The molecule has 1 aliphatic rings. The molecule has 0 saturated heterocycles. The Morgan fingerprint density at radius 3 is 2.83 bits per heavy atom. The minimum Gasteiger partial charge on any atom is -0.394 e. The van der Waals surface area contributed by atoms with E-state index in [2.05, 4.69) is 35.8 Å². The first-order valence-corrected chi connectivity index (χ1v) is 11.8. The molecule has 1 aliphatic heterocycles. The summed E-state index contributed by atoms with van der Waals surface area (Å²) < 4.78 is 0. The summed E-state index contributed by atoms with van der Waals surface area (Å²) in [6, 6.07) is 9.53. The third-order valence-corrected chi connectivity index (χ3v) is 6.29. The van der Waals surface area contributed by atoms with Crippen molar-refractivity contribution < 1.29 is 14.7 Å². The van der Waals surface area contributed by atoms with Crippen molar-refractivity contribution in [1.29, 1.82) is 5.26 Å². The van der Waals surface area contributed by atoms with Crippen LogP contribution in [-0.4, -0.2) is 51.2 Å². The van der Waals surface area contributed by atoms with E-state index in [0.29, 0.717) is 36.1 Å². The number of anilines is 3. The van der Waals surface area contributed by atoms with Crippen LogP contribution < -0.4 is 20.9 Å². The Hall–Kier alpha value is -4.08. The second-order valence-electron chi connectivity index (χ2n) is 8.05. The number of nitriles is 1. The molecule has 3 aromatic rings. The van der Waals surface area contributed by atoms with Crippen LogP contribution in [-0.2, 0) is 13.0 Å². The normalized spacial score (nSPS) is 13.4. The fraction of sp³-hybridized carbons (Fsp3) is 0.304. The number of benzene rings is 1. The van der Waals surface area contributed by atoms with Gasteiger partial charge in [0.25, 0.3) is 5.91 Å². The Bertz CT molecular complexity index is 1300. The summed E-state index contributed by atoms with van der Waals surface area (Å²) >= 11 is 1.37. The molecule has 11 nitrogen and oxygen atoms in total. The number of nitrogens with zero attached hydrogens (tertiary/aromatic N) is 5. The van der Waals surface area contributed by atoms with Crippen molar-refractivity contribution in [3.63, 3.8) is 0 Å². The van der Waals surface area contributed by atoms with E-state index < -0.39 is 18.0 Å². The third-order valence-electron chi connectivity index (χ3n) is 5.29. The van der Waals surface area contributed by atoms with Gasteiger partial charge in [0.1, 0.15) is 11.9 Å². The molecule has 0 saturated carbocycles. The highest BCUT2D eigenvalue weighted by Crippen LogP contribution is 2.30. The molecule has 4 rings (SSSR count). The van der Waals surface area contributed by atoms with E-state index in [0.717, 1.165) is 16.3 Å². The lowest BCUT2D eigenvalue weighted by Crippen LogP contribution is -2.35. The smallest absolute Gasteiger partial charge is 0.325 e. The van der Waals surface area contributed by atoms with Crippen LogP contribution in [0.15, 0.2) is 30.3 Å². The van der Waals surface area contributed by atoms with E-state index in [-0.39, 0.29) is 18.0 Å². The van der Waals surface area contributed by atoms with Crippen molar-refractivity contribution >= 4 is 39.9 Å². The number of urea groups is 1. The van der Waals surface area contributed by atoms with Gasteiger partial charge in [-0.1, -0.05) is 23.5 Å². The van der Waals surface area contributed by atoms with E-state index >= 15 is 0 Å². The highest BCUT2D eigenvalue weighted by Gasteiger charge is 2.23. The number of hydrogen-bond donors (Lipinski definition) is 4. The zero-order chi connectivity index (χ0) is 24.9. The average molecular weight is 493 g/mol. The molecule has 0 radical (unpaired) electrons. The van der Waals surface area contributed by atoms with E-state index in [1.54, 1.807) is 31.2 Å². The summed E-state index contributed by atoms with van der Waals surface area (Å²) in [5, 5.41) is 26.9. The molecule has 0 aliphatic carbocycles. The second kappa shape index (κ2) is 10.5. The Morgan fingerprint density at radius 2 is 2.06 bits per heavy atom. The van der Waals surface area contributed by atoms with Crippen molar-refractivity contribution in [2.24, 2.45) is 0 Å². The van der Waals surface area contributed by atoms with Gasteiger partial charge in [-0.05, 0) is 26.0 Å². The maximum atomic E-state index is 12.7. The number of nitrogens with one attached hydrogen (secondary N) is 3. The summed E-state index contributed by atoms with van der Waals surface area (Å²) in [6.45, 7) is 4.55. The molecule has 0 bridgehead atoms. The van der Waals surface area contributed by atoms with Crippen molar-refractivity contribution in [1.82, 2.24) is 20.3 Å². The van der Waals surface area contributed by atoms with Gasteiger partial charge in [0, 0.05) is 35.6 Å². The lowest BCUT2D eigenvalue weighted by atomic mass is 10.1. The van der Waals surface area contributed by atoms with E-state index in [4.69, 9.17) is 5.26 Å². The summed E-state index contributed by atoms with van der Waals surface area (Å²) in [6.07, 6.45) is 0.673. The molecule has 3 heterocycles. The standard InChI is InChI=1S/C23H24N8O3S/c1-13-9-20(29-19(10-24)25-13)31-8-7-17-18(11-31)35-23(28-17)30-22(34)27-16-6-4-3-5-15(16)21(33)26-14(2)12-32/h3-6,9,14,32H,7-8,11-12H2,1-2H3,(H,26,33)(H2,27,28,30,34)/t14-/m1/s1. The summed E-state index contributed by atoms with van der Waals surface area (Å²) in [5.41, 5.74) is 2.26. The number of aliphatic hydroxyl groups is 1. The lowest BCUT2D eigenvalue weighted by Gasteiger charge is -2.27. The van der Waals surface area contributed by atoms with Crippen LogP contribution >= 0.6 is 11.3 Å². The quantitative estimate of drug-likeness (QED) is 0.409. The number of amides is 3. The van der Waals surface area contributed by atoms with E-state index in [1.165, 1.54) is 11.3 Å². The molecular formula is C23H24N8O3S. The van der Waals surface area contributed by atoms with Crippen LogP contribution in [0.2, 0.25) is 0 Å². The summed E-state index contributed by atoms with van der Waals surface area (Å²) in [5.74, 6) is 0.423. The zero-order valence-corrected chi connectivity index (χ0v) is 20.0. The van der Waals surface area contributed by atoms with Crippen molar-refractivity contribution in [3.05, 3.63) is 58.0 Å². The minimum absolute atomic E-state index is 0.133. The number of hydrogen-bond acceptors (Lipinski definition) is 9. The second-order valence-corrected chi connectivity index (χ2v) is 9.13. The topological polar surface area (TPSA) is 156 Å². The van der Waals surface area contributed by atoms with Gasteiger partial charge in [0.15, 0.2) is 5.13 Å². The monoisotopic (exact) mass is 492 g/mol. The molecule has 0 unspecified atom stereocenters. The van der Waals surface area contributed by atoms with E-state index in [1.807, 2.05) is 19.1 Å². The first kappa shape index (κ1) is 24.1. The van der Waals surface area contributed by atoms with Crippen molar-refractivity contribution in [3.8, 4) is 6.07 Å². The van der Waals surface area contributed by atoms with Gasteiger partial charge in [0.2, 0.25) is 5.82 Å². The molecule has 3 amide bonds. The van der Waals surface area contributed by atoms with Crippen LogP contribution in [0.3, 0.4) is 0 Å². The minimum atomic E-state index is -0.520. The predicted molar refractivity (Wildman–Crippen MR) is 131 cm³/mol. The van der Waals surface area contributed by atoms with Gasteiger partial charge >= 0.3 is 6.03 Å². The lowest BCUT2D eigenvalue weighted by molar-refractivity contribution is 0.0923. The molecular weight excluding hydrogens is 468 g/mol. The first-order valence-electron chi connectivity index (χ1n) is 10.9. The van der Waals surface area contributed by atoms with Crippen LogP contribution in [0, 0.1) is 18.3 Å². The maximum absolute atomic E-state index is 12.7. The number of aliphatic hydroxyl groups excluding tert-OH is 1. The molecule has 2 aromatic heterocycles. The largest absolute Gasteiger partial charge is 0.394 e. The van der Waals surface area contributed by atoms with Crippen LogP contribution in [0.4, 0.5) is 21.4 Å². The SMILES string of the molecule is Cc1cc(N2CCc3nc(NC(=O)Nc4ccccc4C(=O)N[C@H](C)CO)sc3C2)nc(C#N)n1. The number of carbonyl (C=O) groups is 2. The summed E-state index contributed by atoms with van der Waals surface area (Å²) in [4.78, 5) is 41.1. The fourth-order valence-corrected chi connectivity index (χ4v) is 4.62. The zero-order valence-electron chi connectivity index (χ0n) is 19.2. The van der Waals surface area contributed by atoms with Crippen LogP contribution in [0.5, 0.6) is 0 Å². The van der Waals surface area contributed by atoms with Gasteiger partial charge in [0.05, 0.1) is 30.1 Å². The number of para-hydroxylation sites is 1. The number of rotatable bonds is 6. The molecule has 12 heteroatoms. The predicted octanol–water partition coefficient (Wildman–Crippen LogP) is 2.43. The first-order chi connectivity index (χ1) is 16.9.